The van der Waals surface area contributed by atoms with Gasteiger partial charge in [0.15, 0.2) is 0 Å². The van der Waals surface area contributed by atoms with E-state index < -0.39 is 0 Å². The molecule has 0 saturated carbocycles. The minimum Gasteiger partial charge on any atom is -0.469 e. The van der Waals surface area contributed by atoms with Gasteiger partial charge in [-0.15, -0.1) is 0 Å². The van der Waals surface area contributed by atoms with E-state index in [1.54, 1.807) is 0 Å². The first kappa shape index (κ1) is 12.4. The molecule has 0 heterocycles. The van der Waals surface area contributed by atoms with Gasteiger partial charge < -0.3 is 10.1 Å². The Hall–Kier alpha value is -0.570. The Balaban J connectivity index is 3.60. The van der Waals surface area contributed by atoms with Gasteiger partial charge in [0.1, 0.15) is 0 Å². The van der Waals surface area contributed by atoms with Crippen molar-refractivity contribution in [3.05, 3.63) is 0 Å². The van der Waals surface area contributed by atoms with Crippen LogP contribution in [-0.4, -0.2) is 25.2 Å². The molecule has 0 amide bonds. The third-order valence-corrected chi connectivity index (χ3v) is 1.99. The molecule has 0 aromatic carbocycles. The van der Waals surface area contributed by atoms with Gasteiger partial charge in [-0.2, -0.15) is 0 Å². The van der Waals surface area contributed by atoms with E-state index in [9.17, 15) is 4.79 Å². The number of methoxy groups -OCH3 is 1. The normalized spacial score (nSPS) is 15.1. The molecule has 0 aromatic heterocycles. The minimum absolute atomic E-state index is 0.149. The molecule has 0 rings (SSSR count). The van der Waals surface area contributed by atoms with Crippen molar-refractivity contribution in [2.24, 2.45) is 0 Å². The Bertz CT molecular complexity index is 148. The molecule has 0 aliphatic carbocycles. The highest BCUT2D eigenvalue weighted by Gasteiger charge is 2.10. The van der Waals surface area contributed by atoms with Crippen LogP contribution in [0.4, 0.5) is 0 Å². The van der Waals surface area contributed by atoms with Crippen molar-refractivity contribution in [1.29, 1.82) is 0 Å². The van der Waals surface area contributed by atoms with Crippen LogP contribution in [0.3, 0.4) is 0 Å². The predicted molar refractivity (Wildman–Crippen MR) is 53.6 cm³/mol. The van der Waals surface area contributed by atoms with Crippen molar-refractivity contribution in [3.63, 3.8) is 0 Å². The second-order valence-corrected chi connectivity index (χ2v) is 3.54. The van der Waals surface area contributed by atoms with Crippen molar-refractivity contribution in [3.8, 4) is 0 Å². The Morgan fingerprint density at radius 3 is 2.46 bits per heavy atom. The summed E-state index contributed by atoms with van der Waals surface area (Å²) in [6, 6.07) is 0.679. The maximum atomic E-state index is 10.9. The zero-order valence-corrected chi connectivity index (χ0v) is 9.09. The van der Waals surface area contributed by atoms with Gasteiger partial charge in [0.2, 0.25) is 0 Å². The Labute approximate surface area is 80.8 Å². The maximum absolute atomic E-state index is 10.9. The molecular weight excluding hydrogens is 166 g/mol. The first-order valence-corrected chi connectivity index (χ1v) is 4.93. The van der Waals surface area contributed by atoms with Crippen LogP contribution in [0.25, 0.3) is 0 Å². The molecule has 2 atom stereocenters. The molecule has 78 valence electrons. The van der Waals surface area contributed by atoms with Gasteiger partial charge in [0, 0.05) is 12.1 Å². The van der Waals surface area contributed by atoms with E-state index in [-0.39, 0.29) is 12.0 Å². The molecule has 13 heavy (non-hydrogen) atoms. The quantitative estimate of drug-likeness (QED) is 0.643. The molecule has 0 spiro atoms. The van der Waals surface area contributed by atoms with Crippen molar-refractivity contribution < 1.29 is 9.53 Å². The largest absolute Gasteiger partial charge is 0.469 e. The van der Waals surface area contributed by atoms with Crippen LogP contribution < -0.4 is 5.32 Å². The number of carbonyl (C=O) groups excluding carboxylic acids is 1. The van der Waals surface area contributed by atoms with E-state index in [0.717, 1.165) is 6.42 Å². The molecule has 0 aliphatic rings. The average Bonchev–Trinajstić information content (AvgIpc) is 2.04. The highest BCUT2D eigenvalue weighted by atomic mass is 16.5. The molecule has 3 heteroatoms. The topological polar surface area (TPSA) is 38.3 Å². The fourth-order valence-corrected chi connectivity index (χ4v) is 1.39. The van der Waals surface area contributed by atoms with Crippen molar-refractivity contribution in [2.75, 3.05) is 7.11 Å². The highest BCUT2D eigenvalue weighted by molar-refractivity contribution is 5.69. The summed E-state index contributed by atoms with van der Waals surface area (Å²) in [5, 5.41) is 3.35. The second kappa shape index (κ2) is 6.89. The zero-order valence-electron chi connectivity index (χ0n) is 9.09. The molecule has 3 nitrogen and oxygen atoms in total. The molecule has 0 radical (unpaired) electrons. The van der Waals surface area contributed by atoms with Gasteiger partial charge in [-0.3, -0.25) is 4.79 Å². The number of ether oxygens (including phenoxy) is 1. The first-order chi connectivity index (χ1) is 6.10. The molecule has 0 fully saturated rings. The Morgan fingerprint density at radius 1 is 1.38 bits per heavy atom. The number of esters is 1. The van der Waals surface area contributed by atoms with Gasteiger partial charge in [-0.05, 0) is 20.3 Å². The fraction of sp³-hybridized carbons (Fsp3) is 0.900. The van der Waals surface area contributed by atoms with Crippen molar-refractivity contribution in [2.45, 2.75) is 52.1 Å². The van der Waals surface area contributed by atoms with Crippen LogP contribution in [0.15, 0.2) is 0 Å². The van der Waals surface area contributed by atoms with E-state index in [1.807, 2.05) is 6.92 Å². The van der Waals surface area contributed by atoms with Crippen LogP contribution >= 0.6 is 0 Å². The number of hydrogen-bond donors (Lipinski definition) is 1. The summed E-state index contributed by atoms with van der Waals surface area (Å²) in [4.78, 5) is 10.9. The second-order valence-electron chi connectivity index (χ2n) is 3.54. The smallest absolute Gasteiger partial charge is 0.307 e. The molecule has 1 N–H and O–H groups in total. The summed E-state index contributed by atoms with van der Waals surface area (Å²) in [6.07, 6.45) is 2.76. The summed E-state index contributed by atoms with van der Waals surface area (Å²) >= 11 is 0. The lowest BCUT2D eigenvalue weighted by molar-refractivity contribution is -0.141. The molecule has 0 saturated heterocycles. The van der Waals surface area contributed by atoms with E-state index in [0.29, 0.717) is 12.5 Å². The third kappa shape index (κ3) is 6.58. The van der Waals surface area contributed by atoms with Crippen LogP contribution in [0.2, 0.25) is 0 Å². The summed E-state index contributed by atoms with van der Waals surface area (Å²) in [6.45, 7) is 6.30. The highest BCUT2D eigenvalue weighted by Crippen LogP contribution is 1.99. The average molecular weight is 187 g/mol. The van der Waals surface area contributed by atoms with Gasteiger partial charge in [0.25, 0.3) is 0 Å². The van der Waals surface area contributed by atoms with Gasteiger partial charge in [-0.25, -0.2) is 0 Å². The van der Waals surface area contributed by atoms with Crippen LogP contribution in [0.5, 0.6) is 0 Å². The lowest BCUT2D eigenvalue weighted by Gasteiger charge is -2.18. The lowest BCUT2D eigenvalue weighted by Crippen LogP contribution is -2.36. The first-order valence-electron chi connectivity index (χ1n) is 4.93. The molecule has 0 aliphatic heterocycles. The number of rotatable bonds is 6. The summed E-state index contributed by atoms with van der Waals surface area (Å²) in [5.41, 5.74) is 0. The summed E-state index contributed by atoms with van der Waals surface area (Å²) < 4.78 is 4.58. The van der Waals surface area contributed by atoms with Crippen LogP contribution in [0.1, 0.15) is 40.0 Å². The number of hydrogen-bond acceptors (Lipinski definition) is 3. The molecular formula is C10H21NO2. The Kier molecular flexibility index (Phi) is 6.59. The standard InChI is InChI=1S/C10H21NO2/c1-5-6-8(2)11-9(3)7-10(12)13-4/h8-9,11H,5-7H2,1-4H3. The maximum Gasteiger partial charge on any atom is 0.307 e. The third-order valence-electron chi connectivity index (χ3n) is 1.99. The summed E-state index contributed by atoms with van der Waals surface area (Å²) in [7, 11) is 1.42. The van der Waals surface area contributed by atoms with E-state index >= 15 is 0 Å². The van der Waals surface area contributed by atoms with Crippen molar-refractivity contribution >= 4 is 5.97 Å². The summed E-state index contributed by atoms with van der Waals surface area (Å²) in [5.74, 6) is -0.149. The fourth-order valence-electron chi connectivity index (χ4n) is 1.39. The zero-order chi connectivity index (χ0) is 10.3. The monoisotopic (exact) mass is 187 g/mol. The number of carbonyl (C=O) groups is 1. The Morgan fingerprint density at radius 2 is 2.00 bits per heavy atom. The van der Waals surface area contributed by atoms with Crippen LogP contribution in [0, 0.1) is 0 Å². The van der Waals surface area contributed by atoms with E-state index in [4.69, 9.17) is 0 Å². The SMILES string of the molecule is CCCC(C)NC(C)CC(=O)OC. The van der Waals surface area contributed by atoms with Gasteiger partial charge >= 0.3 is 5.97 Å². The van der Waals surface area contributed by atoms with Crippen LogP contribution in [-0.2, 0) is 9.53 Å². The number of nitrogens with one attached hydrogen (secondary N) is 1. The van der Waals surface area contributed by atoms with Gasteiger partial charge in [-0.1, -0.05) is 13.3 Å². The van der Waals surface area contributed by atoms with Crippen molar-refractivity contribution in [1.82, 2.24) is 5.32 Å². The predicted octanol–water partition coefficient (Wildman–Crippen LogP) is 1.72. The minimum atomic E-state index is -0.149. The van der Waals surface area contributed by atoms with Gasteiger partial charge in [0.05, 0.1) is 13.5 Å². The lowest BCUT2D eigenvalue weighted by atomic mass is 10.1. The van der Waals surface area contributed by atoms with E-state index in [1.165, 1.54) is 13.5 Å². The molecule has 0 aromatic rings. The molecule has 0 bridgehead atoms. The molecule has 2 unspecified atom stereocenters. The van der Waals surface area contributed by atoms with E-state index in [2.05, 4.69) is 23.9 Å².